The van der Waals surface area contributed by atoms with Gasteiger partial charge >= 0.3 is 5.97 Å². The summed E-state index contributed by atoms with van der Waals surface area (Å²) in [5, 5.41) is 3.31. The van der Waals surface area contributed by atoms with E-state index in [1.807, 2.05) is 43.3 Å². The fourth-order valence-electron chi connectivity index (χ4n) is 2.11. The van der Waals surface area contributed by atoms with Crippen molar-refractivity contribution < 1.29 is 14.3 Å². The van der Waals surface area contributed by atoms with Crippen LogP contribution in [0.3, 0.4) is 0 Å². The number of ether oxygens (including phenoxy) is 1. The third-order valence-corrected chi connectivity index (χ3v) is 3.92. The van der Waals surface area contributed by atoms with E-state index < -0.39 is 0 Å². The predicted octanol–water partition coefficient (Wildman–Crippen LogP) is 4.15. The molecule has 0 fully saturated rings. The minimum absolute atomic E-state index is 0.0558. The molecule has 0 heterocycles. The number of anilines is 1. The number of halogens is 1. The van der Waals surface area contributed by atoms with E-state index in [1.54, 1.807) is 12.1 Å². The first-order chi connectivity index (χ1) is 11.5. The number of carbonyl (C=O) groups is 2. The van der Waals surface area contributed by atoms with Crippen molar-refractivity contribution in [2.45, 2.75) is 26.2 Å². The zero-order chi connectivity index (χ0) is 17.4. The van der Waals surface area contributed by atoms with Crippen LogP contribution in [0.15, 0.2) is 48.5 Å². The molecule has 24 heavy (non-hydrogen) atoms. The van der Waals surface area contributed by atoms with Gasteiger partial charge in [0, 0.05) is 23.6 Å². The van der Waals surface area contributed by atoms with Crippen molar-refractivity contribution >= 4 is 29.2 Å². The van der Waals surface area contributed by atoms with Gasteiger partial charge < -0.3 is 10.1 Å². The molecule has 5 heteroatoms. The van der Waals surface area contributed by atoms with Crippen molar-refractivity contribution in [1.29, 1.82) is 0 Å². The second-order valence-electron chi connectivity index (χ2n) is 5.47. The van der Waals surface area contributed by atoms with Gasteiger partial charge in [-0.05, 0) is 30.2 Å². The Morgan fingerprint density at radius 3 is 2.54 bits per heavy atom. The highest BCUT2D eigenvalue weighted by Gasteiger charge is 2.09. The average molecular weight is 346 g/mol. The zero-order valence-corrected chi connectivity index (χ0v) is 14.3. The van der Waals surface area contributed by atoms with Crippen molar-refractivity contribution in [3.63, 3.8) is 0 Å². The molecule has 1 N–H and O–H groups in total. The maximum Gasteiger partial charge on any atom is 0.306 e. The summed E-state index contributed by atoms with van der Waals surface area (Å²) in [6.45, 7) is 2.21. The van der Waals surface area contributed by atoms with E-state index in [9.17, 15) is 9.59 Å². The Bertz CT molecular complexity index is 701. The maximum atomic E-state index is 11.8. The predicted molar refractivity (Wildman–Crippen MR) is 95.2 cm³/mol. The van der Waals surface area contributed by atoms with Gasteiger partial charge in [-0.3, -0.25) is 9.59 Å². The summed E-state index contributed by atoms with van der Waals surface area (Å²) in [6.07, 6.45) is 0.802. The van der Waals surface area contributed by atoms with E-state index in [4.69, 9.17) is 16.3 Å². The van der Waals surface area contributed by atoms with Crippen LogP contribution in [0.4, 0.5) is 5.69 Å². The summed E-state index contributed by atoms with van der Waals surface area (Å²) < 4.78 is 5.14. The summed E-state index contributed by atoms with van der Waals surface area (Å²) in [5.41, 5.74) is 2.67. The van der Waals surface area contributed by atoms with Crippen molar-refractivity contribution in [2.24, 2.45) is 0 Å². The molecule has 0 aliphatic carbocycles. The van der Waals surface area contributed by atoms with Gasteiger partial charge in [-0.15, -0.1) is 0 Å². The highest BCUT2D eigenvalue weighted by Crippen LogP contribution is 2.20. The lowest BCUT2D eigenvalue weighted by molar-refractivity contribution is -0.144. The van der Waals surface area contributed by atoms with E-state index in [-0.39, 0.29) is 24.7 Å². The van der Waals surface area contributed by atoms with E-state index >= 15 is 0 Å². The Morgan fingerprint density at radius 2 is 1.83 bits per heavy atom. The highest BCUT2D eigenvalue weighted by molar-refractivity contribution is 6.31. The van der Waals surface area contributed by atoms with Crippen LogP contribution < -0.4 is 5.32 Å². The Kier molecular flexibility index (Phi) is 6.82. The molecule has 4 nitrogen and oxygen atoms in total. The zero-order valence-electron chi connectivity index (χ0n) is 13.5. The van der Waals surface area contributed by atoms with Gasteiger partial charge in [0.2, 0.25) is 5.91 Å². The molecular weight excluding hydrogens is 326 g/mol. The van der Waals surface area contributed by atoms with Crippen molar-refractivity contribution in [3.05, 3.63) is 64.7 Å². The third kappa shape index (κ3) is 6.05. The van der Waals surface area contributed by atoms with Crippen LogP contribution in [0.2, 0.25) is 5.02 Å². The molecule has 126 valence electrons. The molecule has 0 saturated heterocycles. The topological polar surface area (TPSA) is 55.4 Å². The van der Waals surface area contributed by atoms with Crippen LogP contribution in [0.1, 0.15) is 24.0 Å². The van der Waals surface area contributed by atoms with Gasteiger partial charge in [0.1, 0.15) is 0 Å². The maximum absolute atomic E-state index is 11.8. The molecule has 0 bridgehead atoms. The van der Waals surface area contributed by atoms with Gasteiger partial charge in [0.25, 0.3) is 0 Å². The number of carbonyl (C=O) groups excluding carboxylic acids is 2. The Morgan fingerprint density at radius 1 is 1.08 bits per heavy atom. The smallest absolute Gasteiger partial charge is 0.306 e. The summed E-state index contributed by atoms with van der Waals surface area (Å²) in [5.74, 6) is -0.613. The van der Waals surface area contributed by atoms with Crippen molar-refractivity contribution in [1.82, 2.24) is 0 Å². The number of aryl methyl sites for hydroxylation is 1. The molecular formula is C19H20ClNO3. The molecule has 0 aliphatic rings. The van der Waals surface area contributed by atoms with E-state index in [2.05, 4.69) is 5.32 Å². The molecule has 0 aliphatic heterocycles. The van der Waals surface area contributed by atoms with Gasteiger partial charge in [-0.25, -0.2) is 0 Å². The van der Waals surface area contributed by atoms with Crippen LogP contribution in [-0.4, -0.2) is 18.5 Å². The molecule has 0 radical (unpaired) electrons. The Balaban J connectivity index is 1.67. The number of hydrogen-bond acceptors (Lipinski definition) is 3. The standard InChI is InChI=1S/C19H20ClNO3/c1-14-7-8-16(13-17(14)20)21-18(22)9-10-19(23)24-12-11-15-5-3-2-4-6-15/h2-8,13H,9-12H2,1H3,(H,21,22). The second kappa shape index (κ2) is 9.08. The first-order valence-electron chi connectivity index (χ1n) is 7.80. The minimum atomic E-state index is -0.372. The van der Waals surface area contributed by atoms with Gasteiger partial charge in [-0.1, -0.05) is 48.0 Å². The van der Waals surface area contributed by atoms with E-state index in [0.717, 1.165) is 11.1 Å². The van der Waals surface area contributed by atoms with E-state index in [1.165, 1.54) is 0 Å². The minimum Gasteiger partial charge on any atom is -0.465 e. The number of benzene rings is 2. The lowest BCUT2D eigenvalue weighted by atomic mass is 10.2. The van der Waals surface area contributed by atoms with Crippen molar-refractivity contribution in [2.75, 3.05) is 11.9 Å². The van der Waals surface area contributed by atoms with Crippen molar-refractivity contribution in [3.8, 4) is 0 Å². The normalized spacial score (nSPS) is 10.2. The summed E-state index contributed by atoms with van der Waals surface area (Å²) in [6, 6.07) is 15.1. The first kappa shape index (κ1) is 18.0. The molecule has 2 aromatic carbocycles. The summed E-state index contributed by atoms with van der Waals surface area (Å²) >= 11 is 6.01. The molecule has 0 saturated carbocycles. The SMILES string of the molecule is Cc1ccc(NC(=O)CCC(=O)OCCc2ccccc2)cc1Cl. The van der Waals surface area contributed by atoms with E-state index in [0.29, 0.717) is 23.7 Å². The average Bonchev–Trinajstić information content (AvgIpc) is 2.57. The van der Waals surface area contributed by atoms with Gasteiger partial charge in [0.15, 0.2) is 0 Å². The van der Waals surface area contributed by atoms with Crippen LogP contribution in [0, 0.1) is 6.92 Å². The van der Waals surface area contributed by atoms with Gasteiger partial charge in [-0.2, -0.15) is 0 Å². The Labute approximate surface area is 146 Å². The Hall–Kier alpha value is -2.33. The quantitative estimate of drug-likeness (QED) is 0.767. The van der Waals surface area contributed by atoms with Crippen LogP contribution in [0.5, 0.6) is 0 Å². The summed E-state index contributed by atoms with van der Waals surface area (Å²) in [7, 11) is 0. The molecule has 0 spiro atoms. The number of esters is 1. The lowest BCUT2D eigenvalue weighted by Crippen LogP contribution is -2.15. The highest BCUT2D eigenvalue weighted by atomic mass is 35.5. The largest absolute Gasteiger partial charge is 0.465 e. The monoisotopic (exact) mass is 345 g/mol. The van der Waals surface area contributed by atoms with Crippen LogP contribution in [-0.2, 0) is 20.7 Å². The molecule has 0 unspecified atom stereocenters. The fourth-order valence-corrected chi connectivity index (χ4v) is 2.29. The van der Waals surface area contributed by atoms with Crippen LogP contribution >= 0.6 is 11.6 Å². The number of rotatable bonds is 7. The fraction of sp³-hybridized carbons (Fsp3) is 0.263. The third-order valence-electron chi connectivity index (χ3n) is 3.51. The first-order valence-corrected chi connectivity index (χ1v) is 8.18. The number of nitrogens with one attached hydrogen (secondary N) is 1. The lowest BCUT2D eigenvalue weighted by Gasteiger charge is -2.07. The molecule has 2 aromatic rings. The summed E-state index contributed by atoms with van der Waals surface area (Å²) in [4.78, 5) is 23.5. The molecule has 0 aromatic heterocycles. The number of hydrogen-bond donors (Lipinski definition) is 1. The second-order valence-corrected chi connectivity index (χ2v) is 5.88. The van der Waals surface area contributed by atoms with Gasteiger partial charge in [0.05, 0.1) is 13.0 Å². The molecule has 2 rings (SSSR count). The number of amides is 1. The molecule has 0 atom stereocenters. The molecule has 1 amide bonds. The van der Waals surface area contributed by atoms with Crippen LogP contribution in [0.25, 0.3) is 0 Å².